The highest BCUT2D eigenvalue weighted by atomic mass is 127. The van der Waals surface area contributed by atoms with Gasteiger partial charge in [0.2, 0.25) is 0 Å². The number of aliphatic imine (C=N–C) groups is 1. The molecule has 20 heavy (non-hydrogen) atoms. The number of halogens is 3. The van der Waals surface area contributed by atoms with Gasteiger partial charge < -0.3 is 20.5 Å². The predicted molar refractivity (Wildman–Crippen MR) is 83.6 cm³/mol. The molecule has 0 radical (unpaired) electrons. The van der Waals surface area contributed by atoms with Gasteiger partial charge in [0, 0.05) is 13.2 Å². The molecular formula is C12H18F2IN3O2. The van der Waals surface area contributed by atoms with Crippen molar-refractivity contribution in [1.29, 1.82) is 0 Å². The van der Waals surface area contributed by atoms with E-state index >= 15 is 0 Å². The van der Waals surface area contributed by atoms with E-state index < -0.39 is 11.6 Å². The monoisotopic (exact) mass is 401 g/mol. The van der Waals surface area contributed by atoms with Crippen LogP contribution in [0.4, 0.5) is 8.78 Å². The van der Waals surface area contributed by atoms with E-state index in [9.17, 15) is 8.78 Å². The Bertz CT molecular complexity index is 433. The molecule has 1 aromatic rings. The molecule has 0 amide bonds. The van der Waals surface area contributed by atoms with E-state index in [2.05, 4.69) is 10.3 Å². The van der Waals surface area contributed by atoms with Crippen LogP contribution in [-0.4, -0.2) is 39.4 Å². The highest BCUT2D eigenvalue weighted by molar-refractivity contribution is 14.0. The van der Waals surface area contributed by atoms with Gasteiger partial charge in [0.25, 0.3) is 0 Å². The molecule has 1 rings (SSSR count). The van der Waals surface area contributed by atoms with Gasteiger partial charge in [-0.2, -0.15) is 0 Å². The summed E-state index contributed by atoms with van der Waals surface area (Å²) in [5.74, 6) is -1.30. The summed E-state index contributed by atoms with van der Waals surface area (Å²) in [7, 11) is 1.58. The number of nitrogens with zero attached hydrogens (tertiary/aromatic N) is 1. The van der Waals surface area contributed by atoms with Crippen molar-refractivity contribution in [3.63, 3.8) is 0 Å². The van der Waals surface area contributed by atoms with Gasteiger partial charge in [0.05, 0.1) is 19.7 Å². The van der Waals surface area contributed by atoms with Crippen molar-refractivity contribution in [1.82, 2.24) is 5.32 Å². The summed E-state index contributed by atoms with van der Waals surface area (Å²) in [4.78, 5) is 3.98. The summed E-state index contributed by atoms with van der Waals surface area (Å²) in [6, 6.07) is 3.36. The minimum absolute atomic E-state index is 0. The fourth-order valence-corrected chi connectivity index (χ4v) is 1.23. The van der Waals surface area contributed by atoms with Gasteiger partial charge in [-0.05, 0) is 12.1 Å². The zero-order valence-corrected chi connectivity index (χ0v) is 13.4. The number of nitrogens with one attached hydrogen (secondary N) is 1. The van der Waals surface area contributed by atoms with E-state index in [1.54, 1.807) is 7.11 Å². The van der Waals surface area contributed by atoms with Gasteiger partial charge in [0.1, 0.15) is 12.4 Å². The predicted octanol–water partition coefficient (Wildman–Crippen LogP) is 1.51. The lowest BCUT2D eigenvalue weighted by atomic mass is 10.3. The number of hydrogen-bond acceptors (Lipinski definition) is 3. The van der Waals surface area contributed by atoms with Gasteiger partial charge in [-0.3, -0.25) is 4.99 Å². The molecule has 0 aromatic heterocycles. The molecule has 0 atom stereocenters. The highest BCUT2D eigenvalue weighted by Crippen LogP contribution is 2.14. The molecule has 0 saturated heterocycles. The number of guanidine groups is 1. The molecule has 5 nitrogen and oxygen atoms in total. The van der Waals surface area contributed by atoms with Crippen LogP contribution in [0.5, 0.6) is 5.75 Å². The Labute approximate surface area is 133 Å². The second kappa shape index (κ2) is 10.6. The number of methoxy groups -OCH3 is 1. The maximum atomic E-state index is 12.9. The van der Waals surface area contributed by atoms with Crippen LogP contribution in [0, 0.1) is 11.6 Å². The first-order valence-electron chi connectivity index (χ1n) is 5.74. The first-order valence-corrected chi connectivity index (χ1v) is 5.74. The molecule has 0 aliphatic carbocycles. The molecule has 0 bridgehead atoms. The fourth-order valence-electron chi connectivity index (χ4n) is 1.23. The van der Waals surface area contributed by atoms with E-state index in [0.717, 1.165) is 12.1 Å². The number of benzene rings is 1. The van der Waals surface area contributed by atoms with Crippen molar-refractivity contribution in [2.24, 2.45) is 10.7 Å². The first kappa shape index (κ1) is 18.8. The SMILES string of the molecule is COCCN=C(N)NCCOc1ccc(F)c(F)c1.I. The average Bonchev–Trinajstić information content (AvgIpc) is 2.39. The van der Waals surface area contributed by atoms with Crippen LogP contribution in [-0.2, 0) is 4.74 Å². The van der Waals surface area contributed by atoms with Crippen molar-refractivity contribution >= 4 is 29.9 Å². The number of ether oxygens (including phenoxy) is 2. The highest BCUT2D eigenvalue weighted by Gasteiger charge is 2.02. The van der Waals surface area contributed by atoms with E-state index in [4.69, 9.17) is 15.2 Å². The van der Waals surface area contributed by atoms with Crippen LogP contribution in [0.2, 0.25) is 0 Å². The van der Waals surface area contributed by atoms with Crippen molar-refractivity contribution in [2.45, 2.75) is 0 Å². The normalized spacial score (nSPS) is 10.8. The Morgan fingerprint density at radius 2 is 2.05 bits per heavy atom. The smallest absolute Gasteiger partial charge is 0.188 e. The standard InChI is InChI=1S/C12H17F2N3O2.HI/c1-18-6-4-16-12(15)17-5-7-19-9-2-3-10(13)11(14)8-9;/h2-3,8H,4-7H2,1H3,(H3,15,16,17);1H. The summed E-state index contributed by atoms with van der Waals surface area (Å²) >= 11 is 0. The second-order valence-electron chi connectivity index (χ2n) is 3.61. The van der Waals surface area contributed by atoms with Crippen molar-refractivity contribution < 1.29 is 18.3 Å². The minimum Gasteiger partial charge on any atom is -0.492 e. The van der Waals surface area contributed by atoms with Gasteiger partial charge in [-0.25, -0.2) is 8.78 Å². The molecule has 8 heteroatoms. The molecule has 0 aliphatic rings. The van der Waals surface area contributed by atoms with Crippen molar-refractivity contribution in [2.75, 3.05) is 33.4 Å². The Balaban J connectivity index is 0.00000361. The van der Waals surface area contributed by atoms with Gasteiger partial charge in [-0.15, -0.1) is 24.0 Å². The molecule has 0 saturated carbocycles. The number of rotatable bonds is 7. The number of nitrogens with two attached hydrogens (primary N) is 1. The summed E-state index contributed by atoms with van der Waals surface area (Å²) in [6.45, 7) is 1.62. The molecule has 0 unspecified atom stereocenters. The Hall–Kier alpha value is -1.16. The maximum absolute atomic E-state index is 12.9. The van der Waals surface area contributed by atoms with Crippen LogP contribution >= 0.6 is 24.0 Å². The lowest BCUT2D eigenvalue weighted by molar-refractivity contribution is 0.208. The van der Waals surface area contributed by atoms with Crippen LogP contribution in [0.3, 0.4) is 0 Å². The first-order chi connectivity index (χ1) is 9.13. The lowest BCUT2D eigenvalue weighted by Crippen LogP contribution is -2.35. The van der Waals surface area contributed by atoms with Crippen LogP contribution in [0.25, 0.3) is 0 Å². The van der Waals surface area contributed by atoms with E-state index in [1.165, 1.54) is 6.07 Å². The van der Waals surface area contributed by atoms with Crippen molar-refractivity contribution in [3.8, 4) is 5.75 Å². The average molecular weight is 401 g/mol. The molecule has 3 N–H and O–H groups in total. The molecule has 0 fully saturated rings. The maximum Gasteiger partial charge on any atom is 0.188 e. The van der Waals surface area contributed by atoms with E-state index in [-0.39, 0.29) is 42.3 Å². The van der Waals surface area contributed by atoms with Crippen LogP contribution in [0.1, 0.15) is 0 Å². The Morgan fingerprint density at radius 3 is 2.70 bits per heavy atom. The summed E-state index contributed by atoms with van der Waals surface area (Å²) in [5.41, 5.74) is 5.56. The van der Waals surface area contributed by atoms with Crippen LogP contribution < -0.4 is 15.8 Å². The number of hydrogen-bond donors (Lipinski definition) is 2. The van der Waals surface area contributed by atoms with Crippen molar-refractivity contribution in [3.05, 3.63) is 29.8 Å². The second-order valence-corrected chi connectivity index (χ2v) is 3.61. The zero-order valence-electron chi connectivity index (χ0n) is 11.1. The van der Waals surface area contributed by atoms with E-state index in [1.807, 2.05) is 0 Å². The molecule has 0 aliphatic heterocycles. The summed E-state index contributed by atoms with van der Waals surface area (Å²) in [5, 5.41) is 2.82. The largest absolute Gasteiger partial charge is 0.492 e. The van der Waals surface area contributed by atoms with E-state index in [0.29, 0.717) is 19.7 Å². The minimum atomic E-state index is -0.939. The Morgan fingerprint density at radius 1 is 1.30 bits per heavy atom. The summed E-state index contributed by atoms with van der Waals surface area (Å²) < 4.78 is 35.6. The molecule has 0 heterocycles. The molecule has 1 aromatic carbocycles. The van der Waals surface area contributed by atoms with Gasteiger partial charge >= 0.3 is 0 Å². The third-order valence-corrected chi connectivity index (χ3v) is 2.15. The van der Waals surface area contributed by atoms with Gasteiger partial charge in [0.15, 0.2) is 17.6 Å². The van der Waals surface area contributed by atoms with Gasteiger partial charge in [-0.1, -0.05) is 0 Å². The quantitative estimate of drug-likeness (QED) is 0.315. The molecular weight excluding hydrogens is 383 g/mol. The Kier molecular flexibility index (Phi) is 9.99. The third kappa shape index (κ3) is 7.43. The lowest BCUT2D eigenvalue weighted by Gasteiger charge is -2.08. The summed E-state index contributed by atoms with van der Waals surface area (Å²) in [6.07, 6.45) is 0. The molecule has 114 valence electrons. The molecule has 0 spiro atoms. The fraction of sp³-hybridized carbons (Fsp3) is 0.417. The van der Waals surface area contributed by atoms with Crippen LogP contribution in [0.15, 0.2) is 23.2 Å². The third-order valence-electron chi connectivity index (χ3n) is 2.15. The zero-order chi connectivity index (χ0) is 14.1. The topological polar surface area (TPSA) is 68.9 Å².